The summed E-state index contributed by atoms with van der Waals surface area (Å²) in [5.41, 5.74) is 3.51. The Morgan fingerprint density at radius 2 is 2.29 bits per heavy atom. The molecule has 2 saturated heterocycles. The van der Waals surface area contributed by atoms with Crippen LogP contribution in [0.3, 0.4) is 0 Å². The molecule has 2 aliphatic heterocycles. The summed E-state index contributed by atoms with van der Waals surface area (Å²) in [5.74, 6) is 0. The molecule has 0 aliphatic carbocycles. The van der Waals surface area contributed by atoms with Gasteiger partial charge in [0.2, 0.25) is 0 Å². The van der Waals surface area contributed by atoms with Gasteiger partial charge in [-0.15, -0.1) is 0 Å². The van der Waals surface area contributed by atoms with Crippen LogP contribution in [0.25, 0.3) is 0 Å². The van der Waals surface area contributed by atoms with Crippen LogP contribution >= 0.6 is 0 Å². The molecule has 2 heteroatoms. The fourth-order valence-electron chi connectivity index (χ4n) is 2.94. The number of ether oxygens (including phenoxy) is 1. The normalized spacial score (nSPS) is 32.4. The lowest BCUT2D eigenvalue weighted by atomic mass is 9.92. The molecule has 2 rings (SSSR count). The first-order valence-electron chi connectivity index (χ1n) is 5.57. The molecule has 0 spiro atoms. The molecule has 2 fully saturated rings. The van der Waals surface area contributed by atoms with E-state index in [1.807, 2.05) is 7.11 Å². The molecule has 80 valence electrons. The zero-order valence-electron chi connectivity index (χ0n) is 9.60. The van der Waals surface area contributed by atoms with E-state index in [4.69, 9.17) is 4.74 Å². The van der Waals surface area contributed by atoms with E-state index in [-0.39, 0.29) is 0 Å². The Bertz CT molecular complexity index is 255. The fourth-order valence-corrected chi connectivity index (χ4v) is 2.94. The van der Waals surface area contributed by atoms with Crippen molar-refractivity contribution < 1.29 is 4.74 Å². The molecule has 2 heterocycles. The molecule has 2 aliphatic rings. The summed E-state index contributed by atoms with van der Waals surface area (Å²) in [5, 5.41) is 0. The van der Waals surface area contributed by atoms with Gasteiger partial charge in [0.05, 0.1) is 6.61 Å². The molecular formula is C12H21NO. The lowest BCUT2D eigenvalue weighted by Gasteiger charge is -2.30. The minimum Gasteiger partial charge on any atom is -0.383 e. The molecule has 0 radical (unpaired) electrons. The molecular weight excluding hydrogens is 174 g/mol. The SMILES string of the molecule is COC[C@@]12CCCN1CC(=C(C)C)C2. The highest BCUT2D eigenvalue weighted by Crippen LogP contribution is 2.42. The summed E-state index contributed by atoms with van der Waals surface area (Å²) >= 11 is 0. The third-order valence-electron chi connectivity index (χ3n) is 3.79. The summed E-state index contributed by atoms with van der Waals surface area (Å²) in [4.78, 5) is 2.62. The molecule has 2 nitrogen and oxygen atoms in total. The molecule has 0 saturated carbocycles. The monoisotopic (exact) mass is 195 g/mol. The van der Waals surface area contributed by atoms with Gasteiger partial charge in [0.25, 0.3) is 0 Å². The summed E-state index contributed by atoms with van der Waals surface area (Å²) in [6.45, 7) is 7.83. The molecule has 0 aromatic carbocycles. The van der Waals surface area contributed by atoms with Crippen molar-refractivity contribution in [2.75, 3.05) is 26.8 Å². The number of allylic oxidation sites excluding steroid dienone is 1. The molecule has 0 aromatic rings. The predicted molar refractivity (Wildman–Crippen MR) is 58.4 cm³/mol. The van der Waals surface area contributed by atoms with E-state index in [2.05, 4.69) is 18.7 Å². The van der Waals surface area contributed by atoms with Gasteiger partial charge in [-0.05, 0) is 39.7 Å². The highest BCUT2D eigenvalue weighted by molar-refractivity contribution is 5.24. The third-order valence-corrected chi connectivity index (χ3v) is 3.79. The number of hydrogen-bond donors (Lipinski definition) is 0. The van der Waals surface area contributed by atoms with E-state index in [0.29, 0.717) is 5.54 Å². The van der Waals surface area contributed by atoms with Crippen molar-refractivity contribution in [3.8, 4) is 0 Å². The van der Waals surface area contributed by atoms with Gasteiger partial charge in [0, 0.05) is 19.2 Å². The Kier molecular flexibility index (Phi) is 2.67. The predicted octanol–water partition coefficient (Wildman–Crippen LogP) is 2.21. The van der Waals surface area contributed by atoms with Crippen LogP contribution in [-0.4, -0.2) is 37.2 Å². The lowest BCUT2D eigenvalue weighted by molar-refractivity contribution is 0.0656. The highest BCUT2D eigenvalue weighted by atomic mass is 16.5. The van der Waals surface area contributed by atoms with Crippen LogP contribution in [0.5, 0.6) is 0 Å². The Balaban J connectivity index is 2.19. The van der Waals surface area contributed by atoms with Gasteiger partial charge >= 0.3 is 0 Å². The molecule has 0 amide bonds. The zero-order chi connectivity index (χ0) is 10.2. The van der Waals surface area contributed by atoms with Gasteiger partial charge in [-0.1, -0.05) is 11.1 Å². The lowest BCUT2D eigenvalue weighted by Crippen LogP contribution is -2.42. The first-order valence-corrected chi connectivity index (χ1v) is 5.57. The van der Waals surface area contributed by atoms with Crippen molar-refractivity contribution >= 4 is 0 Å². The van der Waals surface area contributed by atoms with E-state index in [0.717, 1.165) is 6.61 Å². The van der Waals surface area contributed by atoms with Crippen LogP contribution in [0.1, 0.15) is 33.1 Å². The minimum atomic E-state index is 0.362. The molecule has 0 N–H and O–H groups in total. The van der Waals surface area contributed by atoms with E-state index in [9.17, 15) is 0 Å². The molecule has 1 atom stereocenters. The van der Waals surface area contributed by atoms with Crippen molar-refractivity contribution in [2.45, 2.75) is 38.6 Å². The van der Waals surface area contributed by atoms with Gasteiger partial charge in [0.15, 0.2) is 0 Å². The Morgan fingerprint density at radius 3 is 2.93 bits per heavy atom. The maximum atomic E-state index is 5.39. The van der Waals surface area contributed by atoms with E-state index in [1.54, 1.807) is 5.57 Å². The summed E-state index contributed by atoms with van der Waals surface area (Å²) in [7, 11) is 1.83. The second-order valence-corrected chi connectivity index (χ2v) is 4.96. The number of methoxy groups -OCH3 is 1. The molecule has 0 aromatic heterocycles. The van der Waals surface area contributed by atoms with Crippen LogP contribution in [0.15, 0.2) is 11.1 Å². The summed E-state index contributed by atoms with van der Waals surface area (Å²) in [6, 6.07) is 0. The minimum absolute atomic E-state index is 0.362. The third kappa shape index (κ3) is 1.51. The van der Waals surface area contributed by atoms with Crippen LogP contribution in [0.2, 0.25) is 0 Å². The summed E-state index contributed by atoms with van der Waals surface area (Å²) in [6.07, 6.45) is 3.90. The standard InChI is InChI=1S/C12H21NO/c1-10(2)11-7-12(9-14-3)5-4-6-13(12)8-11/h4-9H2,1-3H3/t12-/m0/s1. The van der Waals surface area contributed by atoms with E-state index >= 15 is 0 Å². The molecule has 14 heavy (non-hydrogen) atoms. The van der Waals surface area contributed by atoms with Gasteiger partial charge in [-0.2, -0.15) is 0 Å². The average molecular weight is 195 g/mol. The van der Waals surface area contributed by atoms with Crippen LogP contribution in [0, 0.1) is 0 Å². The second kappa shape index (κ2) is 3.67. The Morgan fingerprint density at radius 1 is 1.50 bits per heavy atom. The number of rotatable bonds is 2. The number of fused-ring (bicyclic) bond motifs is 1. The van der Waals surface area contributed by atoms with Crippen LogP contribution < -0.4 is 0 Å². The quantitative estimate of drug-likeness (QED) is 0.626. The van der Waals surface area contributed by atoms with E-state index < -0.39 is 0 Å². The van der Waals surface area contributed by atoms with Gasteiger partial charge in [0.1, 0.15) is 0 Å². The topological polar surface area (TPSA) is 12.5 Å². The second-order valence-electron chi connectivity index (χ2n) is 4.96. The van der Waals surface area contributed by atoms with Gasteiger partial charge in [-0.25, -0.2) is 0 Å². The van der Waals surface area contributed by atoms with Gasteiger partial charge < -0.3 is 4.74 Å². The van der Waals surface area contributed by atoms with Crippen molar-refractivity contribution in [2.24, 2.45) is 0 Å². The number of nitrogens with zero attached hydrogens (tertiary/aromatic N) is 1. The first-order chi connectivity index (χ1) is 6.68. The Hall–Kier alpha value is -0.340. The maximum absolute atomic E-state index is 5.39. The van der Waals surface area contributed by atoms with E-state index in [1.165, 1.54) is 37.9 Å². The van der Waals surface area contributed by atoms with Crippen molar-refractivity contribution in [3.63, 3.8) is 0 Å². The van der Waals surface area contributed by atoms with Crippen LogP contribution in [-0.2, 0) is 4.74 Å². The van der Waals surface area contributed by atoms with Gasteiger partial charge in [-0.3, -0.25) is 4.90 Å². The smallest absolute Gasteiger partial charge is 0.0649 e. The van der Waals surface area contributed by atoms with Crippen molar-refractivity contribution in [1.29, 1.82) is 0 Å². The highest BCUT2D eigenvalue weighted by Gasteiger charge is 2.46. The average Bonchev–Trinajstić information content (AvgIpc) is 2.60. The van der Waals surface area contributed by atoms with Crippen molar-refractivity contribution in [1.82, 2.24) is 4.90 Å². The van der Waals surface area contributed by atoms with Crippen LogP contribution in [0.4, 0.5) is 0 Å². The fraction of sp³-hybridized carbons (Fsp3) is 0.833. The maximum Gasteiger partial charge on any atom is 0.0649 e. The Labute approximate surface area is 86.9 Å². The first kappa shape index (κ1) is 10.2. The summed E-state index contributed by atoms with van der Waals surface area (Å²) < 4.78 is 5.39. The molecule has 0 bridgehead atoms. The number of hydrogen-bond acceptors (Lipinski definition) is 2. The molecule has 0 unspecified atom stereocenters. The van der Waals surface area contributed by atoms with Crippen molar-refractivity contribution in [3.05, 3.63) is 11.1 Å². The zero-order valence-corrected chi connectivity index (χ0v) is 9.60. The largest absolute Gasteiger partial charge is 0.383 e.